The topological polar surface area (TPSA) is 51.6 Å². The Morgan fingerprint density at radius 1 is 0.333 bits per heavy atom. The summed E-state index contributed by atoms with van der Waals surface area (Å²) in [6.07, 6.45) is 0. The first-order chi connectivity index (χ1) is 25.2. The van der Waals surface area contributed by atoms with Crippen LogP contribution in [0.2, 0.25) is 0 Å². The van der Waals surface area contributed by atoms with E-state index in [2.05, 4.69) is 140 Å². The fraction of sp³-hybridized carbons (Fsp3) is 0.0213. The van der Waals surface area contributed by atoms with Gasteiger partial charge in [0, 0.05) is 38.7 Å². The van der Waals surface area contributed by atoms with E-state index >= 15 is 0 Å². The van der Waals surface area contributed by atoms with Gasteiger partial charge in [-0.3, -0.25) is 4.98 Å². The second kappa shape index (κ2) is 12.9. The van der Waals surface area contributed by atoms with Crippen LogP contribution in [-0.4, -0.2) is 19.9 Å². The van der Waals surface area contributed by atoms with Crippen LogP contribution in [0.4, 0.5) is 0 Å². The van der Waals surface area contributed by atoms with Gasteiger partial charge in [0.15, 0.2) is 5.82 Å². The van der Waals surface area contributed by atoms with Crippen molar-refractivity contribution in [2.45, 2.75) is 6.92 Å². The van der Waals surface area contributed by atoms with Crippen molar-refractivity contribution in [2.75, 3.05) is 0 Å². The van der Waals surface area contributed by atoms with E-state index < -0.39 is 0 Å². The highest BCUT2D eigenvalue weighted by atomic mass is 14.9. The maximum atomic E-state index is 5.34. The summed E-state index contributed by atoms with van der Waals surface area (Å²) in [5, 5.41) is 2.13. The summed E-state index contributed by atoms with van der Waals surface area (Å²) in [6, 6.07) is 61.0. The van der Waals surface area contributed by atoms with Crippen LogP contribution in [0, 0.1) is 6.92 Å². The number of pyridine rings is 2. The smallest absolute Gasteiger partial charge is 0.160 e. The molecule has 0 aliphatic carbocycles. The molecule has 0 aliphatic rings. The summed E-state index contributed by atoms with van der Waals surface area (Å²) >= 11 is 0. The molecule has 9 aromatic rings. The lowest BCUT2D eigenvalue weighted by molar-refractivity contribution is 1.18. The van der Waals surface area contributed by atoms with E-state index in [1.54, 1.807) is 0 Å². The van der Waals surface area contributed by atoms with Gasteiger partial charge in [-0.25, -0.2) is 15.0 Å². The molecular formula is C47H32N4. The second-order valence-corrected chi connectivity index (χ2v) is 12.8. The first-order valence-corrected chi connectivity index (χ1v) is 17.1. The van der Waals surface area contributed by atoms with E-state index in [1.165, 1.54) is 11.1 Å². The van der Waals surface area contributed by atoms with Crippen molar-refractivity contribution in [1.82, 2.24) is 19.9 Å². The Kier molecular flexibility index (Phi) is 7.67. The van der Waals surface area contributed by atoms with E-state index in [0.717, 1.165) is 78.0 Å². The average molecular weight is 653 g/mol. The fourth-order valence-corrected chi connectivity index (χ4v) is 6.76. The molecule has 0 N–H and O–H groups in total. The molecule has 4 heteroatoms. The molecule has 0 unspecified atom stereocenters. The zero-order valence-corrected chi connectivity index (χ0v) is 28.0. The Hall–Kier alpha value is -6.78. The lowest BCUT2D eigenvalue weighted by Gasteiger charge is -2.14. The highest BCUT2D eigenvalue weighted by Gasteiger charge is 2.16. The SMILES string of the molecule is Cc1ccc2ccc3c(-c4cccc(-c5ccccc5)c4)cc(-c4cccc(-c5nc(-c6ccccc6)cc(-c6ccccc6)n5)c4)nc3c2n1. The number of fused-ring (bicyclic) bond motifs is 3. The lowest BCUT2D eigenvalue weighted by atomic mass is 9.94. The van der Waals surface area contributed by atoms with Crippen molar-refractivity contribution >= 4 is 21.8 Å². The van der Waals surface area contributed by atoms with E-state index in [9.17, 15) is 0 Å². The average Bonchev–Trinajstić information content (AvgIpc) is 3.21. The number of hydrogen-bond donors (Lipinski definition) is 0. The number of benzene rings is 6. The third-order valence-electron chi connectivity index (χ3n) is 9.34. The molecule has 6 aromatic carbocycles. The van der Waals surface area contributed by atoms with Gasteiger partial charge in [0.1, 0.15) is 0 Å². The molecule has 0 saturated heterocycles. The molecule has 240 valence electrons. The zero-order valence-electron chi connectivity index (χ0n) is 28.0. The molecule has 3 aromatic heterocycles. The molecule has 3 heterocycles. The number of aromatic nitrogens is 4. The largest absolute Gasteiger partial charge is 0.251 e. The van der Waals surface area contributed by atoms with Gasteiger partial charge in [-0.1, -0.05) is 146 Å². The predicted octanol–water partition coefficient (Wildman–Crippen LogP) is 11.9. The molecule has 0 bridgehead atoms. The van der Waals surface area contributed by atoms with Crippen LogP contribution in [0.15, 0.2) is 176 Å². The Morgan fingerprint density at radius 3 is 1.55 bits per heavy atom. The van der Waals surface area contributed by atoms with Crippen molar-refractivity contribution in [3.05, 3.63) is 182 Å². The predicted molar refractivity (Wildman–Crippen MR) is 210 cm³/mol. The summed E-state index contributed by atoms with van der Waals surface area (Å²) in [4.78, 5) is 20.5. The fourth-order valence-electron chi connectivity index (χ4n) is 6.76. The van der Waals surface area contributed by atoms with Gasteiger partial charge < -0.3 is 0 Å². The molecule has 0 spiro atoms. The van der Waals surface area contributed by atoms with Crippen LogP contribution < -0.4 is 0 Å². The van der Waals surface area contributed by atoms with E-state index in [0.29, 0.717) is 5.82 Å². The third-order valence-corrected chi connectivity index (χ3v) is 9.34. The molecular weight excluding hydrogens is 621 g/mol. The maximum Gasteiger partial charge on any atom is 0.160 e. The third kappa shape index (κ3) is 5.94. The Labute approximate surface area is 296 Å². The van der Waals surface area contributed by atoms with E-state index in [-0.39, 0.29) is 0 Å². The van der Waals surface area contributed by atoms with Crippen molar-refractivity contribution in [2.24, 2.45) is 0 Å². The van der Waals surface area contributed by atoms with Crippen LogP contribution in [0.25, 0.3) is 89.2 Å². The molecule has 0 radical (unpaired) electrons. The molecule has 51 heavy (non-hydrogen) atoms. The first kappa shape index (κ1) is 30.3. The number of hydrogen-bond acceptors (Lipinski definition) is 4. The zero-order chi connectivity index (χ0) is 34.1. The van der Waals surface area contributed by atoms with E-state index in [4.69, 9.17) is 19.9 Å². The van der Waals surface area contributed by atoms with Crippen molar-refractivity contribution in [3.8, 4) is 67.4 Å². The van der Waals surface area contributed by atoms with Crippen LogP contribution in [0.1, 0.15) is 5.69 Å². The standard InChI is InChI=1S/C47H32N4/c1-31-23-24-35-25-26-40-41(37-20-11-19-36(27-37)32-13-5-2-6-14-32)29-42(49-46(40)45(35)48-31)38-21-12-22-39(28-38)47-50-43(33-15-7-3-8-16-33)30-44(51-47)34-17-9-4-10-18-34/h2-30H,1H3. The monoisotopic (exact) mass is 652 g/mol. The minimum atomic E-state index is 0.663. The summed E-state index contributed by atoms with van der Waals surface area (Å²) in [5.41, 5.74) is 13.9. The van der Waals surface area contributed by atoms with Crippen LogP contribution >= 0.6 is 0 Å². The minimum absolute atomic E-state index is 0.663. The Balaban J connectivity index is 1.24. The second-order valence-electron chi connectivity index (χ2n) is 12.8. The van der Waals surface area contributed by atoms with Crippen molar-refractivity contribution in [1.29, 1.82) is 0 Å². The van der Waals surface area contributed by atoms with Gasteiger partial charge in [-0.2, -0.15) is 0 Å². The van der Waals surface area contributed by atoms with Gasteiger partial charge in [0.25, 0.3) is 0 Å². The molecule has 0 atom stereocenters. The highest BCUT2D eigenvalue weighted by molar-refractivity contribution is 6.09. The number of nitrogens with zero attached hydrogens (tertiary/aromatic N) is 4. The minimum Gasteiger partial charge on any atom is -0.251 e. The molecule has 0 fully saturated rings. The quantitative estimate of drug-likeness (QED) is 0.168. The normalized spacial score (nSPS) is 11.2. The van der Waals surface area contributed by atoms with Crippen molar-refractivity contribution in [3.63, 3.8) is 0 Å². The molecule has 9 rings (SSSR count). The first-order valence-electron chi connectivity index (χ1n) is 17.1. The Bertz CT molecular complexity index is 2630. The number of rotatable bonds is 6. The summed E-state index contributed by atoms with van der Waals surface area (Å²) < 4.78 is 0. The van der Waals surface area contributed by atoms with Gasteiger partial charge >= 0.3 is 0 Å². The van der Waals surface area contributed by atoms with Gasteiger partial charge in [0.2, 0.25) is 0 Å². The van der Waals surface area contributed by atoms with E-state index in [1.807, 2.05) is 43.3 Å². The number of aryl methyl sites for hydroxylation is 1. The van der Waals surface area contributed by atoms with Crippen molar-refractivity contribution < 1.29 is 0 Å². The summed E-state index contributed by atoms with van der Waals surface area (Å²) in [7, 11) is 0. The highest BCUT2D eigenvalue weighted by Crippen LogP contribution is 2.37. The molecule has 0 amide bonds. The molecule has 4 nitrogen and oxygen atoms in total. The lowest BCUT2D eigenvalue weighted by Crippen LogP contribution is -1.97. The summed E-state index contributed by atoms with van der Waals surface area (Å²) in [6.45, 7) is 2.03. The Morgan fingerprint density at radius 2 is 0.863 bits per heavy atom. The van der Waals surface area contributed by atoms with Crippen LogP contribution in [0.3, 0.4) is 0 Å². The summed E-state index contributed by atoms with van der Waals surface area (Å²) in [5.74, 6) is 0.663. The van der Waals surface area contributed by atoms with Crippen LogP contribution in [0.5, 0.6) is 0 Å². The van der Waals surface area contributed by atoms with Gasteiger partial charge in [0.05, 0.1) is 28.1 Å². The molecule has 0 aliphatic heterocycles. The molecule has 0 saturated carbocycles. The maximum absolute atomic E-state index is 5.34. The van der Waals surface area contributed by atoms with Gasteiger partial charge in [-0.15, -0.1) is 0 Å². The van der Waals surface area contributed by atoms with Gasteiger partial charge in [-0.05, 0) is 59.5 Å². The van der Waals surface area contributed by atoms with Crippen LogP contribution in [-0.2, 0) is 0 Å².